The summed E-state index contributed by atoms with van der Waals surface area (Å²) in [6.07, 6.45) is 1.81. The quantitative estimate of drug-likeness (QED) is 0.0135. The summed E-state index contributed by atoms with van der Waals surface area (Å²) in [6.45, 7) is 0.808. The first-order valence-corrected chi connectivity index (χ1v) is 24.4. The number of guanidine groups is 1. The summed E-state index contributed by atoms with van der Waals surface area (Å²) in [4.78, 5) is 129. The van der Waals surface area contributed by atoms with Gasteiger partial charge in [-0.2, -0.15) is 0 Å². The van der Waals surface area contributed by atoms with Crippen LogP contribution in [0.4, 0.5) is 4.39 Å². The Morgan fingerprint density at radius 3 is 2.11 bits per heavy atom. The normalized spacial score (nSPS) is 16.1. The molecule has 412 valence electrons. The van der Waals surface area contributed by atoms with Crippen LogP contribution >= 0.6 is 0 Å². The molecule has 2 rings (SSSR count). The van der Waals surface area contributed by atoms with E-state index in [-0.39, 0.29) is 81.9 Å². The molecule has 1 heterocycles. The van der Waals surface area contributed by atoms with Gasteiger partial charge < -0.3 is 87.1 Å². The Hall–Kier alpha value is -6.98. The molecule has 0 aromatic heterocycles. The van der Waals surface area contributed by atoms with Gasteiger partial charge in [0.2, 0.25) is 35.4 Å². The van der Waals surface area contributed by atoms with Crippen LogP contribution < -0.4 is 72.0 Å². The molecular weight excluding hydrogens is 972 g/mol. The van der Waals surface area contributed by atoms with E-state index in [0.717, 1.165) is 11.0 Å². The van der Waals surface area contributed by atoms with E-state index in [1.165, 1.54) is 31.2 Å². The lowest BCUT2D eigenvalue weighted by Crippen LogP contribution is -2.60. The van der Waals surface area contributed by atoms with Crippen LogP contribution in [-0.2, 0) is 49.6 Å². The number of aliphatic imine (C=N–C) groups is 2. The average Bonchev–Trinajstić information content (AvgIpc) is 3.87. The molecule has 28 heteroatoms. The number of hydrogen-bond acceptors (Lipinski definition) is 16. The lowest BCUT2D eigenvalue weighted by Gasteiger charge is -2.28. The van der Waals surface area contributed by atoms with E-state index in [4.69, 9.17) is 40.1 Å². The van der Waals surface area contributed by atoms with Gasteiger partial charge in [0.05, 0.1) is 18.7 Å². The highest BCUT2D eigenvalue weighted by atomic mass is 19.1. The molecule has 1 fully saturated rings. The number of unbranched alkanes of at least 4 members (excludes halogenated alkanes) is 2. The van der Waals surface area contributed by atoms with E-state index in [1.54, 1.807) is 0 Å². The van der Waals surface area contributed by atoms with E-state index in [9.17, 15) is 53.4 Å². The third kappa shape index (κ3) is 22.0. The second-order valence-corrected chi connectivity index (χ2v) is 17.3. The van der Waals surface area contributed by atoms with E-state index < -0.39 is 127 Å². The maximum absolute atomic E-state index is 15.1. The van der Waals surface area contributed by atoms with Gasteiger partial charge in [-0.25, -0.2) is 14.2 Å². The Morgan fingerprint density at radius 2 is 1.49 bits per heavy atom. The highest BCUT2D eigenvalue weighted by Crippen LogP contribution is 2.20. The van der Waals surface area contributed by atoms with Crippen molar-refractivity contribution in [3.8, 4) is 0 Å². The predicted molar refractivity (Wildman–Crippen MR) is 270 cm³/mol. The average molecular weight is 1050 g/mol. The summed E-state index contributed by atoms with van der Waals surface area (Å²) < 4.78 is 15.1. The van der Waals surface area contributed by atoms with Crippen LogP contribution in [0.15, 0.2) is 46.0 Å². The summed E-state index contributed by atoms with van der Waals surface area (Å²) in [5.74, 6) is -9.54. The summed E-state index contributed by atoms with van der Waals surface area (Å²) in [5, 5.41) is 34.6. The maximum atomic E-state index is 15.1. The molecule has 7 atom stereocenters. The van der Waals surface area contributed by atoms with E-state index in [0.29, 0.717) is 38.6 Å². The van der Waals surface area contributed by atoms with Crippen molar-refractivity contribution in [3.63, 3.8) is 0 Å². The minimum Gasteiger partial charge on any atom is -0.477 e. The number of nitrogens with one attached hydrogen (secondary N) is 6. The number of rotatable bonds is 33. The van der Waals surface area contributed by atoms with Crippen molar-refractivity contribution < 1.29 is 57.8 Å². The molecule has 1 aliphatic rings. The number of carboxylic acid groups (broad SMARTS) is 1. The number of hydrogen-bond donors (Lipinski definition) is 15. The topological polar surface area (TPSA) is 476 Å². The fraction of sp³-hybridized carbons (Fsp3) is 0.587. The first-order chi connectivity index (χ1) is 35.2. The molecule has 0 saturated carbocycles. The number of nitrogens with zero attached hydrogens (tertiary/aromatic N) is 3. The van der Waals surface area contributed by atoms with Crippen LogP contribution in [0.3, 0.4) is 0 Å². The largest absolute Gasteiger partial charge is 0.477 e. The molecule has 74 heavy (non-hydrogen) atoms. The number of aliphatic carboxylic acids is 1. The molecule has 22 N–H and O–H groups in total. The van der Waals surface area contributed by atoms with Crippen molar-refractivity contribution in [1.82, 2.24) is 36.8 Å². The van der Waals surface area contributed by atoms with Crippen molar-refractivity contribution in [3.05, 3.63) is 47.4 Å². The molecule has 27 nitrogen and oxygen atoms in total. The van der Waals surface area contributed by atoms with Gasteiger partial charge in [-0.05, 0) is 102 Å². The Kier molecular flexibility index (Phi) is 28.7. The summed E-state index contributed by atoms with van der Waals surface area (Å²) >= 11 is 0. The van der Waals surface area contributed by atoms with Gasteiger partial charge in [0, 0.05) is 26.1 Å². The van der Waals surface area contributed by atoms with E-state index in [1.807, 2.05) is 0 Å². The number of halogens is 1. The SMILES string of the molecule is C[C@H](NC(=O)[C@@H](NC(=O)[C@@H](N)CCCCN)[C@@H](O)CN)C(=O)NCC(=O)N=C(CCCN)C(=O)N1CCC[C@H]1C(=O)N[C@@H](Cc1ccccc1F)C(=O)N[C@@H](CCCCN)C(=O)N/C(=C\CCN=C(N)N)C(=O)O. The molecule has 1 aromatic carbocycles. The Labute approximate surface area is 428 Å². The number of likely N-dealkylation sites (tertiary alicyclic amines) is 1. The lowest BCUT2D eigenvalue weighted by atomic mass is 10.0. The number of aliphatic hydroxyl groups excluding tert-OH is 1. The summed E-state index contributed by atoms with van der Waals surface area (Å²) in [6, 6.07) is -2.62. The number of nitrogens with two attached hydrogens (primary N) is 7. The fourth-order valence-electron chi connectivity index (χ4n) is 7.38. The molecule has 0 radical (unpaired) electrons. The highest BCUT2D eigenvalue weighted by Gasteiger charge is 2.39. The Balaban J connectivity index is 2.30. The second kappa shape index (κ2) is 33.7. The number of benzene rings is 1. The molecule has 8 amide bonds. The molecule has 1 aliphatic heterocycles. The molecule has 1 saturated heterocycles. The number of aliphatic hydroxyl groups is 1. The third-order valence-electron chi connectivity index (χ3n) is 11.5. The second-order valence-electron chi connectivity index (χ2n) is 17.3. The maximum Gasteiger partial charge on any atom is 0.352 e. The van der Waals surface area contributed by atoms with Gasteiger partial charge in [-0.3, -0.25) is 43.3 Å². The third-order valence-corrected chi connectivity index (χ3v) is 11.5. The van der Waals surface area contributed by atoms with Crippen molar-refractivity contribution in [2.45, 2.75) is 126 Å². The van der Waals surface area contributed by atoms with Crippen LogP contribution in [0.25, 0.3) is 0 Å². The van der Waals surface area contributed by atoms with Crippen molar-refractivity contribution >= 4 is 64.9 Å². The van der Waals surface area contributed by atoms with Gasteiger partial charge >= 0.3 is 5.97 Å². The zero-order chi connectivity index (χ0) is 55.3. The van der Waals surface area contributed by atoms with Gasteiger partial charge in [0.15, 0.2) is 5.96 Å². The number of amides is 8. The summed E-state index contributed by atoms with van der Waals surface area (Å²) in [5.41, 5.74) is 38.2. The van der Waals surface area contributed by atoms with Crippen LogP contribution in [0, 0.1) is 5.82 Å². The van der Waals surface area contributed by atoms with Crippen molar-refractivity contribution in [2.24, 2.45) is 50.1 Å². The predicted octanol–water partition coefficient (Wildman–Crippen LogP) is -5.21. The van der Waals surface area contributed by atoms with E-state index >= 15 is 4.39 Å². The lowest BCUT2D eigenvalue weighted by molar-refractivity contribution is -0.137. The van der Waals surface area contributed by atoms with Crippen LogP contribution in [0.5, 0.6) is 0 Å². The molecule has 0 aliphatic carbocycles. The molecule has 0 bridgehead atoms. The van der Waals surface area contributed by atoms with Gasteiger partial charge in [0.1, 0.15) is 47.4 Å². The minimum absolute atomic E-state index is 0.0141. The smallest absolute Gasteiger partial charge is 0.352 e. The summed E-state index contributed by atoms with van der Waals surface area (Å²) in [7, 11) is 0. The van der Waals surface area contributed by atoms with Crippen molar-refractivity contribution in [2.75, 3.05) is 45.8 Å². The zero-order valence-corrected chi connectivity index (χ0v) is 41.7. The minimum atomic E-state index is -1.58. The van der Waals surface area contributed by atoms with E-state index in [2.05, 4.69) is 41.9 Å². The first kappa shape index (κ1) is 63.1. The van der Waals surface area contributed by atoms with Gasteiger partial charge in [-0.15, -0.1) is 0 Å². The molecule has 0 spiro atoms. The number of carboxylic acids is 1. The van der Waals surface area contributed by atoms with Crippen molar-refractivity contribution in [1.29, 1.82) is 0 Å². The zero-order valence-electron chi connectivity index (χ0n) is 41.7. The van der Waals surface area contributed by atoms with Crippen LogP contribution in [0.2, 0.25) is 0 Å². The standard InChI is InChI=1S/C46H75FN16O11/c1-26(57-43(71)37(35(64)24-51)62-39(67)29(52)13-4-6-18-48)38(66)56-25-36(65)58-31(15-8-20-50)44(72)63-22-10-17-34(63)42(70)61-33(23-27-11-2-3-12-28(27)47)41(69)59-30(14-5-7-19-49)40(68)60-32(45(73)74)16-9-21-55-46(53)54/h2-3,11-12,16,26,29-30,33-35,37,64H,4-10,13-15,17-25,48-52H2,1H3,(H,56,66)(H,57,71)(H,59,69)(H,60,68)(H,61,70)(H,62,67)(H,73,74)(H4,53,54,55)/b32-16-,58-31?/t26-,29-,30-,33-,34-,35-,37-/m0/s1. The van der Waals surface area contributed by atoms with Gasteiger partial charge in [-0.1, -0.05) is 30.7 Å². The molecular formula is C46H75FN16O11. The monoisotopic (exact) mass is 1050 g/mol. The number of carbonyl (C=O) groups is 9. The number of carbonyl (C=O) groups excluding carboxylic acids is 8. The highest BCUT2D eigenvalue weighted by molar-refractivity contribution is 6.40. The fourth-order valence-corrected chi connectivity index (χ4v) is 7.38. The molecule has 1 aromatic rings. The Bertz CT molecular complexity index is 2180. The first-order valence-electron chi connectivity index (χ1n) is 24.4. The molecule has 0 unspecified atom stereocenters. The van der Waals surface area contributed by atoms with Crippen LogP contribution in [0.1, 0.15) is 83.1 Å². The van der Waals surface area contributed by atoms with Gasteiger partial charge in [0.25, 0.3) is 11.8 Å². The Morgan fingerprint density at radius 1 is 0.824 bits per heavy atom. The van der Waals surface area contributed by atoms with Crippen LogP contribution in [-0.4, -0.2) is 168 Å².